The zero-order valence-electron chi connectivity index (χ0n) is 48.3. The smallest absolute Gasteiger partial charge is 0.306 e. The molecule has 0 bridgehead atoms. The molecular weight excluding hydrogens is 913 g/mol. The molecule has 0 N–H and O–H groups in total. The van der Waals surface area contributed by atoms with Crippen molar-refractivity contribution in [2.45, 2.75) is 290 Å². The van der Waals surface area contributed by atoms with E-state index in [2.05, 4.69) is 130 Å². The average Bonchev–Trinajstić information content (AvgIpc) is 3.40. The molecular formula is C68H114O6. The Kier molecular flexibility index (Phi) is 58.3. The summed E-state index contributed by atoms with van der Waals surface area (Å²) in [7, 11) is 0. The Morgan fingerprint density at radius 1 is 0.284 bits per heavy atom. The monoisotopic (exact) mass is 1030 g/mol. The van der Waals surface area contributed by atoms with Crippen LogP contribution in [-0.2, 0) is 28.6 Å². The SMILES string of the molecule is CC/C=C\C/C=C\C/C=C\C/C=C\C/C=C\C/C=C\C/C=C\CCCC(=O)OCC(COC(=O)CCCCCCCCCCCCCCCCC)OC(=O)CCCCCCCCC/C=C\C/C=C\CCCCCC. The van der Waals surface area contributed by atoms with Gasteiger partial charge in [0.2, 0.25) is 0 Å². The number of carbonyl (C=O) groups excluding carboxylic acids is 3. The van der Waals surface area contributed by atoms with Crippen molar-refractivity contribution in [1.29, 1.82) is 0 Å². The Labute approximate surface area is 457 Å². The lowest BCUT2D eigenvalue weighted by molar-refractivity contribution is -0.167. The predicted molar refractivity (Wildman–Crippen MR) is 320 cm³/mol. The van der Waals surface area contributed by atoms with Crippen LogP contribution in [0.2, 0.25) is 0 Å². The second-order valence-electron chi connectivity index (χ2n) is 20.2. The first-order valence-electron chi connectivity index (χ1n) is 30.9. The fourth-order valence-corrected chi connectivity index (χ4v) is 8.40. The quantitative estimate of drug-likeness (QED) is 0.0261. The summed E-state index contributed by atoms with van der Waals surface area (Å²) in [6.45, 7) is 6.47. The molecule has 0 aromatic rings. The highest BCUT2D eigenvalue weighted by Gasteiger charge is 2.19. The molecule has 6 nitrogen and oxygen atoms in total. The largest absolute Gasteiger partial charge is 0.462 e. The summed E-state index contributed by atoms with van der Waals surface area (Å²) < 4.78 is 16.9. The van der Waals surface area contributed by atoms with Gasteiger partial charge in [0.25, 0.3) is 0 Å². The minimum atomic E-state index is -0.807. The van der Waals surface area contributed by atoms with E-state index in [0.717, 1.165) is 103 Å². The van der Waals surface area contributed by atoms with Crippen LogP contribution in [0.25, 0.3) is 0 Å². The van der Waals surface area contributed by atoms with Crippen molar-refractivity contribution in [3.8, 4) is 0 Å². The number of rotatable bonds is 55. The van der Waals surface area contributed by atoms with Crippen molar-refractivity contribution in [3.05, 3.63) is 109 Å². The fraction of sp³-hybridized carbons (Fsp3) is 0.691. The third kappa shape index (κ3) is 59.0. The lowest BCUT2D eigenvalue weighted by Gasteiger charge is -2.18. The first-order valence-corrected chi connectivity index (χ1v) is 30.9. The Bertz CT molecular complexity index is 1510. The first-order chi connectivity index (χ1) is 36.5. The van der Waals surface area contributed by atoms with Gasteiger partial charge in [-0.3, -0.25) is 14.4 Å². The molecule has 74 heavy (non-hydrogen) atoms. The maximum absolute atomic E-state index is 12.9. The number of ether oxygens (including phenoxy) is 3. The average molecular weight is 1030 g/mol. The Morgan fingerprint density at radius 2 is 0.541 bits per heavy atom. The van der Waals surface area contributed by atoms with Crippen LogP contribution in [-0.4, -0.2) is 37.2 Å². The lowest BCUT2D eigenvalue weighted by Crippen LogP contribution is -2.30. The highest BCUT2D eigenvalue weighted by molar-refractivity contribution is 5.71. The van der Waals surface area contributed by atoms with Crippen LogP contribution in [0.15, 0.2) is 109 Å². The highest BCUT2D eigenvalue weighted by atomic mass is 16.6. The van der Waals surface area contributed by atoms with Gasteiger partial charge in [0.1, 0.15) is 13.2 Å². The molecule has 0 aromatic carbocycles. The van der Waals surface area contributed by atoms with E-state index in [1.165, 1.54) is 135 Å². The second kappa shape index (κ2) is 61.6. The number of esters is 3. The van der Waals surface area contributed by atoms with Gasteiger partial charge in [0.15, 0.2) is 6.10 Å². The van der Waals surface area contributed by atoms with E-state index in [9.17, 15) is 14.4 Å². The molecule has 1 atom stereocenters. The van der Waals surface area contributed by atoms with Gasteiger partial charge in [-0.15, -0.1) is 0 Å². The van der Waals surface area contributed by atoms with E-state index in [1.807, 2.05) is 0 Å². The predicted octanol–water partition coefficient (Wildman–Crippen LogP) is 21.0. The molecule has 0 fully saturated rings. The zero-order chi connectivity index (χ0) is 53.6. The summed E-state index contributed by atoms with van der Waals surface area (Å²) in [5.41, 5.74) is 0. The van der Waals surface area contributed by atoms with E-state index in [0.29, 0.717) is 19.3 Å². The maximum Gasteiger partial charge on any atom is 0.306 e. The third-order valence-electron chi connectivity index (χ3n) is 13.0. The van der Waals surface area contributed by atoms with E-state index in [-0.39, 0.29) is 37.5 Å². The minimum Gasteiger partial charge on any atom is -0.462 e. The lowest BCUT2D eigenvalue weighted by atomic mass is 10.0. The summed E-state index contributed by atoms with van der Waals surface area (Å²) >= 11 is 0. The molecule has 0 rings (SSSR count). The molecule has 0 aliphatic heterocycles. The summed E-state index contributed by atoms with van der Waals surface area (Å²) in [6.07, 6.45) is 83.7. The molecule has 0 radical (unpaired) electrons. The van der Waals surface area contributed by atoms with E-state index in [1.54, 1.807) is 0 Å². The van der Waals surface area contributed by atoms with Crippen LogP contribution >= 0.6 is 0 Å². The molecule has 0 saturated heterocycles. The van der Waals surface area contributed by atoms with Gasteiger partial charge >= 0.3 is 17.9 Å². The van der Waals surface area contributed by atoms with Crippen molar-refractivity contribution in [2.24, 2.45) is 0 Å². The van der Waals surface area contributed by atoms with Crippen LogP contribution in [0, 0.1) is 0 Å². The Morgan fingerprint density at radius 3 is 0.892 bits per heavy atom. The van der Waals surface area contributed by atoms with Gasteiger partial charge in [-0.05, 0) is 103 Å². The van der Waals surface area contributed by atoms with Crippen molar-refractivity contribution in [3.63, 3.8) is 0 Å². The van der Waals surface area contributed by atoms with Crippen molar-refractivity contribution in [2.75, 3.05) is 13.2 Å². The third-order valence-corrected chi connectivity index (χ3v) is 13.0. The van der Waals surface area contributed by atoms with E-state index < -0.39 is 6.10 Å². The summed E-state index contributed by atoms with van der Waals surface area (Å²) in [4.78, 5) is 38.3. The summed E-state index contributed by atoms with van der Waals surface area (Å²) in [6, 6.07) is 0. The van der Waals surface area contributed by atoms with Crippen molar-refractivity contribution >= 4 is 17.9 Å². The molecule has 0 saturated carbocycles. The number of hydrogen-bond donors (Lipinski definition) is 0. The standard InChI is InChI=1S/C68H114O6/c1-4-7-10-13-16-19-22-25-28-30-32-33-34-35-36-38-40-43-46-49-52-55-58-61-67(70)73-64-65(63-72-66(69)60-57-54-51-48-45-42-39-27-24-21-18-15-12-9-6-3)74-68(71)62-59-56-53-50-47-44-41-37-31-29-26-23-20-17-14-11-8-5-2/h7,10,16,19-20,23,25,28-29,31-33,35-36,40,43,49,52,65H,4-6,8-9,11-15,17-18,21-22,24,26-27,30,34,37-39,41-42,44-48,50-51,53-64H2,1-3H3/b10-7-,19-16-,23-20-,28-25-,31-29-,33-32-,36-35-,43-40-,52-49-. The topological polar surface area (TPSA) is 78.9 Å². The van der Waals surface area contributed by atoms with E-state index in [4.69, 9.17) is 14.2 Å². The van der Waals surface area contributed by atoms with Gasteiger partial charge in [-0.25, -0.2) is 0 Å². The van der Waals surface area contributed by atoms with Crippen LogP contribution in [0.1, 0.15) is 284 Å². The normalized spacial score (nSPS) is 12.9. The van der Waals surface area contributed by atoms with Gasteiger partial charge in [0, 0.05) is 19.3 Å². The second-order valence-corrected chi connectivity index (χ2v) is 20.2. The number of carbonyl (C=O) groups is 3. The molecule has 1 unspecified atom stereocenters. The van der Waals surface area contributed by atoms with Gasteiger partial charge in [-0.2, -0.15) is 0 Å². The Hall–Kier alpha value is -3.93. The van der Waals surface area contributed by atoms with Crippen molar-refractivity contribution < 1.29 is 28.6 Å². The Balaban J connectivity index is 4.49. The van der Waals surface area contributed by atoms with Crippen molar-refractivity contribution in [1.82, 2.24) is 0 Å². The van der Waals surface area contributed by atoms with Crippen LogP contribution in [0.4, 0.5) is 0 Å². The highest BCUT2D eigenvalue weighted by Crippen LogP contribution is 2.16. The summed E-state index contributed by atoms with van der Waals surface area (Å²) in [5.74, 6) is -0.962. The van der Waals surface area contributed by atoms with Gasteiger partial charge < -0.3 is 14.2 Å². The molecule has 0 amide bonds. The molecule has 0 heterocycles. The minimum absolute atomic E-state index is 0.0983. The van der Waals surface area contributed by atoms with Crippen LogP contribution in [0.5, 0.6) is 0 Å². The zero-order valence-corrected chi connectivity index (χ0v) is 48.3. The number of unbranched alkanes of at least 4 members (excludes halogenated alkanes) is 26. The number of hydrogen-bond acceptors (Lipinski definition) is 6. The molecule has 422 valence electrons. The van der Waals surface area contributed by atoms with Crippen LogP contribution < -0.4 is 0 Å². The molecule has 0 aliphatic carbocycles. The molecule has 6 heteroatoms. The fourth-order valence-electron chi connectivity index (χ4n) is 8.40. The van der Waals surface area contributed by atoms with Gasteiger partial charge in [-0.1, -0.05) is 271 Å². The molecule has 0 spiro atoms. The van der Waals surface area contributed by atoms with Crippen LogP contribution in [0.3, 0.4) is 0 Å². The maximum atomic E-state index is 12.9. The summed E-state index contributed by atoms with van der Waals surface area (Å²) in [5, 5.41) is 0. The van der Waals surface area contributed by atoms with E-state index >= 15 is 0 Å². The number of allylic oxidation sites excluding steroid dienone is 18. The first kappa shape index (κ1) is 70.1. The molecule has 0 aromatic heterocycles. The van der Waals surface area contributed by atoms with Gasteiger partial charge in [0.05, 0.1) is 0 Å². The molecule has 0 aliphatic rings.